The van der Waals surface area contributed by atoms with Crippen LogP contribution in [0.4, 0.5) is 0 Å². The maximum Gasteiger partial charge on any atom is 0.348 e. The number of terminal acetylenes is 2. The van der Waals surface area contributed by atoms with Gasteiger partial charge >= 0.3 is 11.4 Å². The van der Waals surface area contributed by atoms with Crippen molar-refractivity contribution in [2.75, 3.05) is 26.9 Å². The first-order valence-electron chi connectivity index (χ1n) is 22.7. The lowest BCUT2D eigenvalue weighted by Gasteiger charge is -2.24. The standard InChI is InChI=1S/C29H27BrN2O3.C28H27ClN2O3/c1-5-15-35-23-12-14-26-24(17-23)28(22-10-8-21(9-11-22)19(3)4)31-29(33)32(26)18-20-7-13-25(30)27(16-20)34-6-2;1-5-16-34-23-10-11-25-24(17-23)26(22-8-6-21(7-9-22)19(2)3)30-27(32)31(25)18-20-12-14-28(29,33-4)15-13-20/h1,7-14,16-17,19H,6,15,18H2,2-4H3;1,6-14,17,19H,15-16,18H2,2-4H3. The lowest BCUT2D eigenvalue weighted by atomic mass is 9.99. The van der Waals surface area contributed by atoms with Gasteiger partial charge in [-0.2, -0.15) is 9.97 Å². The van der Waals surface area contributed by atoms with E-state index in [9.17, 15) is 9.59 Å². The lowest BCUT2D eigenvalue weighted by molar-refractivity contribution is 0.106. The van der Waals surface area contributed by atoms with Crippen molar-refractivity contribution in [3.8, 4) is 64.5 Å². The Kier molecular flexibility index (Phi) is 16.3. The molecule has 8 rings (SSSR count). The smallest absolute Gasteiger partial charge is 0.348 e. The maximum absolute atomic E-state index is 13.3. The number of benzene rings is 5. The van der Waals surface area contributed by atoms with E-state index in [1.54, 1.807) is 22.3 Å². The molecule has 2 heterocycles. The summed E-state index contributed by atoms with van der Waals surface area (Å²) >= 11 is 9.89. The highest BCUT2D eigenvalue weighted by Gasteiger charge is 2.25. The Balaban J connectivity index is 0.000000204. The van der Waals surface area contributed by atoms with Crippen molar-refractivity contribution in [1.29, 1.82) is 0 Å². The fourth-order valence-electron chi connectivity index (χ4n) is 7.93. The van der Waals surface area contributed by atoms with Crippen LogP contribution in [0.5, 0.6) is 17.2 Å². The van der Waals surface area contributed by atoms with E-state index in [0.717, 1.165) is 54.3 Å². The highest BCUT2D eigenvalue weighted by Crippen LogP contribution is 2.34. The summed E-state index contributed by atoms with van der Waals surface area (Å²) in [5.41, 5.74) is 8.21. The molecule has 0 bridgehead atoms. The van der Waals surface area contributed by atoms with Crippen LogP contribution in [0.25, 0.3) is 44.3 Å². The highest BCUT2D eigenvalue weighted by molar-refractivity contribution is 9.10. The Morgan fingerprint density at radius 1 is 0.710 bits per heavy atom. The first kappa shape index (κ1) is 50.0. The second-order valence-electron chi connectivity index (χ2n) is 17.1. The lowest BCUT2D eigenvalue weighted by Crippen LogP contribution is -2.26. The van der Waals surface area contributed by atoms with Crippen molar-refractivity contribution in [2.45, 2.75) is 71.0 Å². The third-order valence-corrected chi connectivity index (χ3v) is 12.8. The van der Waals surface area contributed by atoms with Gasteiger partial charge in [-0.1, -0.05) is 118 Å². The molecule has 12 heteroatoms. The van der Waals surface area contributed by atoms with Gasteiger partial charge in [-0.3, -0.25) is 9.13 Å². The molecule has 0 radical (unpaired) electrons. The van der Waals surface area contributed by atoms with Crippen molar-refractivity contribution in [1.82, 2.24) is 19.1 Å². The van der Waals surface area contributed by atoms with Gasteiger partial charge < -0.3 is 18.9 Å². The number of fused-ring (bicyclic) bond motifs is 2. The van der Waals surface area contributed by atoms with Gasteiger partial charge in [-0.25, -0.2) is 9.59 Å². The van der Waals surface area contributed by atoms with Crippen LogP contribution in [0.15, 0.2) is 141 Å². The van der Waals surface area contributed by atoms with Crippen molar-refractivity contribution in [2.24, 2.45) is 0 Å². The van der Waals surface area contributed by atoms with Gasteiger partial charge in [0.05, 0.1) is 46.6 Å². The molecular weight excluding hydrogens is 952 g/mol. The number of rotatable bonds is 15. The number of alkyl halides is 1. The van der Waals surface area contributed by atoms with Gasteiger partial charge in [0.2, 0.25) is 0 Å². The summed E-state index contributed by atoms with van der Waals surface area (Å²) < 4.78 is 26.6. The monoisotopic (exact) mass is 1000 g/mol. The molecule has 0 saturated carbocycles. The number of halogens is 2. The summed E-state index contributed by atoms with van der Waals surface area (Å²) in [6.45, 7) is 12.1. The molecule has 7 aromatic rings. The first-order valence-corrected chi connectivity index (χ1v) is 23.9. The number of hydrogen-bond acceptors (Lipinski definition) is 8. The summed E-state index contributed by atoms with van der Waals surface area (Å²) in [4.78, 5) is 35.5. The normalized spacial score (nSPS) is 14.2. The van der Waals surface area contributed by atoms with E-state index in [-0.39, 0.29) is 24.6 Å². The SMILES string of the molecule is C#CCOc1ccc2c(c1)c(-c1ccc(C(C)C)cc1)nc(=O)n2CC1=CCC(Cl)(OC)C=C1.C#CCOc1ccc2c(c1)c(-c1ccc(C(C)C)cc1)nc(=O)n2Cc1ccc(Br)c(OCC)c1. The number of aromatic nitrogens is 4. The summed E-state index contributed by atoms with van der Waals surface area (Å²) in [7, 11) is 1.57. The number of methoxy groups -OCH3 is 1. The Hall–Kier alpha value is -6.89. The minimum absolute atomic E-state index is 0.161. The van der Waals surface area contributed by atoms with Gasteiger partial charge in [0, 0.05) is 35.4 Å². The molecule has 0 amide bonds. The van der Waals surface area contributed by atoms with E-state index >= 15 is 0 Å². The van der Waals surface area contributed by atoms with Crippen LogP contribution in [0.1, 0.15) is 69.6 Å². The zero-order valence-corrected chi connectivity index (χ0v) is 41.9. The molecule has 352 valence electrons. The number of nitrogens with zero attached hydrogens (tertiary/aromatic N) is 4. The Labute approximate surface area is 416 Å². The van der Waals surface area contributed by atoms with E-state index in [2.05, 4.69) is 89.7 Å². The average molecular weight is 1010 g/mol. The molecule has 0 saturated heterocycles. The van der Waals surface area contributed by atoms with Crippen LogP contribution in [0.2, 0.25) is 0 Å². The first-order chi connectivity index (χ1) is 33.2. The summed E-state index contributed by atoms with van der Waals surface area (Å²) in [6, 6.07) is 33.4. The van der Waals surface area contributed by atoms with E-state index in [1.165, 1.54) is 11.1 Å². The Morgan fingerprint density at radius 3 is 1.65 bits per heavy atom. The minimum Gasteiger partial charge on any atom is -0.493 e. The topological polar surface area (TPSA) is 107 Å². The number of ether oxygens (including phenoxy) is 4. The van der Waals surface area contributed by atoms with E-state index in [0.29, 0.717) is 60.8 Å². The minimum atomic E-state index is -0.843. The summed E-state index contributed by atoms with van der Waals surface area (Å²) in [5.74, 6) is 7.80. The molecule has 10 nitrogen and oxygen atoms in total. The van der Waals surface area contributed by atoms with Crippen LogP contribution >= 0.6 is 27.5 Å². The zero-order valence-electron chi connectivity index (χ0n) is 39.6. The van der Waals surface area contributed by atoms with Crippen LogP contribution in [-0.2, 0) is 17.8 Å². The second kappa shape index (κ2) is 22.5. The van der Waals surface area contributed by atoms with Gasteiger partial charge in [-0.15, -0.1) is 12.8 Å². The number of allylic oxidation sites excluding steroid dienone is 2. The Bertz CT molecular complexity index is 3250. The van der Waals surface area contributed by atoms with E-state index in [4.69, 9.17) is 43.4 Å². The fraction of sp³-hybridized carbons (Fsp3) is 0.263. The number of hydrogen-bond donors (Lipinski definition) is 0. The largest absolute Gasteiger partial charge is 0.493 e. The van der Waals surface area contributed by atoms with Gasteiger partial charge in [-0.05, 0) is 112 Å². The third kappa shape index (κ3) is 11.9. The van der Waals surface area contributed by atoms with Crippen LogP contribution in [0, 0.1) is 24.7 Å². The molecule has 5 aromatic carbocycles. The molecule has 2 aromatic heterocycles. The predicted octanol–water partition coefficient (Wildman–Crippen LogP) is 12.1. The molecule has 1 aliphatic rings. The van der Waals surface area contributed by atoms with Crippen molar-refractivity contribution < 1.29 is 18.9 Å². The molecule has 0 spiro atoms. The van der Waals surface area contributed by atoms with Gasteiger partial charge in [0.1, 0.15) is 30.5 Å². The zero-order chi connectivity index (χ0) is 49.2. The maximum atomic E-state index is 13.3. The molecule has 69 heavy (non-hydrogen) atoms. The molecule has 1 unspecified atom stereocenters. The molecule has 1 atom stereocenters. The second-order valence-corrected chi connectivity index (χ2v) is 18.6. The van der Waals surface area contributed by atoms with E-state index < -0.39 is 5.06 Å². The predicted molar refractivity (Wildman–Crippen MR) is 282 cm³/mol. The van der Waals surface area contributed by atoms with Crippen molar-refractivity contribution >= 4 is 49.3 Å². The molecule has 0 N–H and O–H groups in total. The molecule has 0 aliphatic heterocycles. The summed E-state index contributed by atoms with van der Waals surface area (Å²) in [6.07, 6.45) is 16.9. The third-order valence-electron chi connectivity index (χ3n) is 11.8. The van der Waals surface area contributed by atoms with Crippen molar-refractivity contribution in [3.63, 3.8) is 0 Å². The summed E-state index contributed by atoms with van der Waals surface area (Å²) in [5, 5.41) is 0.790. The fourth-order valence-corrected chi connectivity index (χ4v) is 8.43. The highest BCUT2D eigenvalue weighted by atomic mass is 79.9. The Morgan fingerprint density at radius 2 is 1.22 bits per heavy atom. The van der Waals surface area contributed by atoms with Crippen molar-refractivity contribution in [3.05, 3.63) is 169 Å². The van der Waals surface area contributed by atoms with Gasteiger partial charge in [0.25, 0.3) is 0 Å². The van der Waals surface area contributed by atoms with Crippen LogP contribution < -0.4 is 25.6 Å². The quantitative estimate of drug-likeness (QED) is 0.0738. The van der Waals surface area contributed by atoms with E-state index in [1.807, 2.05) is 97.9 Å². The molecule has 0 fully saturated rings. The van der Waals surface area contributed by atoms with Gasteiger partial charge in [0.15, 0.2) is 5.06 Å². The van der Waals surface area contributed by atoms with Crippen LogP contribution in [0.3, 0.4) is 0 Å². The van der Waals surface area contributed by atoms with Crippen LogP contribution in [-0.4, -0.2) is 51.1 Å². The average Bonchev–Trinajstić information content (AvgIpc) is 3.36. The molecule has 1 aliphatic carbocycles. The molecular formula is C57H54BrClN4O6.